The molecule has 1 heterocycles. The van der Waals surface area contributed by atoms with Crippen LogP contribution in [0, 0.1) is 5.92 Å². The van der Waals surface area contributed by atoms with Gasteiger partial charge in [-0.3, -0.25) is 9.69 Å². The summed E-state index contributed by atoms with van der Waals surface area (Å²) in [5.41, 5.74) is 1.24. The Kier molecular flexibility index (Phi) is 3.79. The summed E-state index contributed by atoms with van der Waals surface area (Å²) >= 11 is 0. The standard InChI is InChI=1S/C14H19NO2/c1-11-7-8-15(10-14(16)17)13(9-11)12-5-3-2-4-6-12/h2-6,11,13H,7-10H2,1H3,(H,16,17). The second kappa shape index (κ2) is 5.32. The van der Waals surface area contributed by atoms with Crippen LogP contribution in [0.5, 0.6) is 0 Å². The molecular formula is C14H19NO2. The van der Waals surface area contributed by atoms with Crippen LogP contribution in [0.2, 0.25) is 0 Å². The Labute approximate surface area is 102 Å². The topological polar surface area (TPSA) is 40.5 Å². The number of carboxylic acid groups (broad SMARTS) is 1. The van der Waals surface area contributed by atoms with Crippen LogP contribution in [0.1, 0.15) is 31.4 Å². The Morgan fingerprint density at radius 1 is 1.41 bits per heavy atom. The molecule has 0 radical (unpaired) electrons. The molecule has 0 saturated carbocycles. The second-order valence-electron chi connectivity index (χ2n) is 4.92. The van der Waals surface area contributed by atoms with E-state index in [9.17, 15) is 4.79 Å². The first-order valence-corrected chi connectivity index (χ1v) is 6.17. The molecule has 1 aromatic rings. The Bertz CT molecular complexity index is 377. The number of likely N-dealkylation sites (tertiary alicyclic amines) is 1. The Morgan fingerprint density at radius 3 is 2.76 bits per heavy atom. The van der Waals surface area contributed by atoms with E-state index >= 15 is 0 Å². The van der Waals surface area contributed by atoms with Crippen LogP contribution >= 0.6 is 0 Å². The fraction of sp³-hybridized carbons (Fsp3) is 0.500. The van der Waals surface area contributed by atoms with Gasteiger partial charge in [-0.25, -0.2) is 0 Å². The average molecular weight is 233 g/mol. The maximum absolute atomic E-state index is 10.9. The summed E-state index contributed by atoms with van der Waals surface area (Å²) in [6, 6.07) is 10.5. The fourth-order valence-electron chi connectivity index (χ4n) is 2.58. The molecule has 3 heteroatoms. The third kappa shape index (κ3) is 3.07. The molecule has 92 valence electrons. The summed E-state index contributed by atoms with van der Waals surface area (Å²) < 4.78 is 0. The Morgan fingerprint density at radius 2 is 2.12 bits per heavy atom. The van der Waals surface area contributed by atoms with E-state index < -0.39 is 5.97 Å². The molecule has 1 saturated heterocycles. The van der Waals surface area contributed by atoms with E-state index in [0.29, 0.717) is 5.92 Å². The van der Waals surface area contributed by atoms with Crippen LogP contribution in [-0.4, -0.2) is 29.1 Å². The maximum Gasteiger partial charge on any atom is 0.317 e. The van der Waals surface area contributed by atoms with Crippen LogP contribution < -0.4 is 0 Å². The minimum Gasteiger partial charge on any atom is -0.480 e. The molecule has 1 fully saturated rings. The number of nitrogens with zero attached hydrogens (tertiary/aromatic N) is 1. The van der Waals surface area contributed by atoms with Gasteiger partial charge in [-0.05, 0) is 30.9 Å². The van der Waals surface area contributed by atoms with Crippen LogP contribution in [0.4, 0.5) is 0 Å². The molecule has 0 bridgehead atoms. The molecule has 1 aliphatic rings. The minimum atomic E-state index is -0.736. The predicted molar refractivity (Wildman–Crippen MR) is 66.8 cm³/mol. The van der Waals surface area contributed by atoms with Gasteiger partial charge in [0.2, 0.25) is 0 Å². The number of rotatable bonds is 3. The van der Waals surface area contributed by atoms with Gasteiger partial charge in [0.25, 0.3) is 0 Å². The lowest BCUT2D eigenvalue weighted by molar-refractivity contribution is -0.139. The van der Waals surface area contributed by atoms with E-state index in [0.717, 1.165) is 19.4 Å². The van der Waals surface area contributed by atoms with Crippen LogP contribution in [0.25, 0.3) is 0 Å². The predicted octanol–water partition coefficient (Wildman–Crippen LogP) is 2.54. The van der Waals surface area contributed by atoms with Crippen LogP contribution in [0.3, 0.4) is 0 Å². The zero-order valence-corrected chi connectivity index (χ0v) is 10.2. The Balaban J connectivity index is 2.17. The Hall–Kier alpha value is -1.35. The lowest BCUT2D eigenvalue weighted by Crippen LogP contribution is -2.39. The molecular weight excluding hydrogens is 214 g/mol. The third-order valence-electron chi connectivity index (χ3n) is 3.50. The highest BCUT2D eigenvalue weighted by Crippen LogP contribution is 2.33. The summed E-state index contributed by atoms with van der Waals surface area (Å²) in [4.78, 5) is 13.0. The van der Waals surface area contributed by atoms with E-state index in [4.69, 9.17) is 5.11 Å². The van der Waals surface area contributed by atoms with Gasteiger partial charge in [0.15, 0.2) is 0 Å². The van der Waals surface area contributed by atoms with E-state index in [2.05, 4.69) is 24.0 Å². The van der Waals surface area contributed by atoms with E-state index in [1.54, 1.807) is 0 Å². The quantitative estimate of drug-likeness (QED) is 0.872. The lowest BCUT2D eigenvalue weighted by Gasteiger charge is -2.37. The van der Waals surface area contributed by atoms with E-state index in [1.807, 2.05) is 18.2 Å². The van der Waals surface area contributed by atoms with Gasteiger partial charge in [0.1, 0.15) is 0 Å². The fourth-order valence-corrected chi connectivity index (χ4v) is 2.58. The minimum absolute atomic E-state index is 0.145. The first kappa shape index (κ1) is 12.1. The van der Waals surface area contributed by atoms with Gasteiger partial charge >= 0.3 is 5.97 Å². The van der Waals surface area contributed by atoms with Crippen molar-refractivity contribution in [3.8, 4) is 0 Å². The number of hydrogen-bond acceptors (Lipinski definition) is 2. The van der Waals surface area contributed by atoms with Crippen molar-refractivity contribution in [1.29, 1.82) is 0 Å². The molecule has 2 rings (SSSR count). The van der Waals surface area contributed by atoms with Crippen molar-refractivity contribution >= 4 is 5.97 Å². The van der Waals surface area contributed by atoms with Crippen molar-refractivity contribution in [1.82, 2.24) is 4.90 Å². The zero-order chi connectivity index (χ0) is 12.3. The smallest absolute Gasteiger partial charge is 0.317 e. The highest BCUT2D eigenvalue weighted by molar-refractivity contribution is 5.69. The van der Waals surface area contributed by atoms with Crippen LogP contribution in [-0.2, 0) is 4.79 Å². The number of carboxylic acids is 1. The molecule has 0 aromatic heterocycles. The molecule has 17 heavy (non-hydrogen) atoms. The molecule has 0 aliphatic carbocycles. The number of carbonyl (C=O) groups is 1. The first-order chi connectivity index (χ1) is 8.16. The van der Waals surface area contributed by atoms with Crippen molar-refractivity contribution in [2.45, 2.75) is 25.8 Å². The van der Waals surface area contributed by atoms with Gasteiger partial charge in [0.05, 0.1) is 6.54 Å². The summed E-state index contributed by atoms with van der Waals surface area (Å²) in [6.45, 7) is 3.27. The average Bonchev–Trinajstić information content (AvgIpc) is 2.32. The van der Waals surface area contributed by atoms with Gasteiger partial charge in [-0.1, -0.05) is 37.3 Å². The number of benzene rings is 1. The maximum atomic E-state index is 10.9. The molecule has 1 N–H and O–H groups in total. The molecule has 1 aliphatic heterocycles. The van der Waals surface area contributed by atoms with Crippen molar-refractivity contribution in [3.05, 3.63) is 35.9 Å². The second-order valence-corrected chi connectivity index (χ2v) is 4.92. The molecule has 2 unspecified atom stereocenters. The molecule has 3 nitrogen and oxygen atoms in total. The van der Waals surface area contributed by atoms with Gasteiger partial charge in [-0.2, -0.15) is 0 Å². The third-order valence-corrected chi connectivity index (χ3v) is 3.50. The van der Waals surface area contributed by atoms with E-state index in [-0.39, 0.29) is 12.6 Å². The van der Waals surface area contributed by atoms with Crippen molar-refractivity contribution in [2.24, 2.45) is 5.92 Å². The van der Waals surface area contributed by atoms with Crippen molar-refractivity contribution in [3.63, 3.8) is 0 Å². The molecule has 2 atom stereocenters. The highest BCUT2D eigenvalue weighted by atomic mass is 16.4. The summed E-state index contributed by atoms with van der Waals surface area (Å²) in [7, 11) is 0. The molecule has 0 spiro atoms. The summed E-state index contributed by atoms with van der Waals surface area (Å²) in [6.07, 6.45) is 2.15. The number of aliphatic carboxylic acids is 1. The summed E-state index contributed by atoms with van der Waals surface area (Å²) in [5, 5.41) is 8.95. The normalized spacial score (nSPS) is 25.7. The SMILES string of the molecule is CC1CCN(CC(=O)O)C(c2ccccc2)C1. The number of piperidine rings is 1. The summed E-state index contributed by atoms with van der Waals surface area (Å²) in [5.74, 6) is -0.0641. The van der Waals surface area contributed by atoms with Crippen LogP contribution in [0.15, 0.2) is 30.3 Å². The first-order valence-electron chi connectivity index (χ1n) is 6.17. The molecule has 1 aromatic carbocycles. The monoisotopic (exact) mass is 233 g/mol. The van der Waals surface area contributed by atoms with Gasteiger partial charge in [0, 0.05) is 6.04 Å². The van der Waals surface area contributed by atoms with E-state index in [1.165, 1.54) is 5.56 Å². The van der Waals surface area contributed by atoms with Crippen molar-refractivity contribution < 1.29 is 9.90 Å². The zero-order valence-electron chi connectivity index (χ0n) is 10.2. The van der Waals surface area contributed by atoms with Gasteiger partial charge in [-0.15, -0.1) is 0 Å². The van der Waals surface area contributed by atoms with Crippen molar-refractivity contribution in [2.75, 3.05) is 13.1 Å². The lowest BCUT2D eigenvalue weighted by atomic mass is 9.88. The highest BCUT2D eigenvalue weighted by Gasteiger charge is 2.28. The molecule has 0 amide bonds. The van der Waals surface area contributed by atoms with Gasteiger partial charge < -0.3 is 5.11 Å². The largest absolute Gasteiger partial charge is 0.480 e. The number of hydrogen-bond donors (Lipinski definition) is 1.